The Hall–Kier alpha value is -6.78. The summed E-state index contributed by atoms with van der Waals surface area (Å²) < 4.78 is 10.6. The van der Waals surface area contributed by atoms with Crippen molar-refractivity contribution in [3.63, 3.8) is 0 Å². The molecule has 2 fully saturated rings. The molecule has 6 heterocycles. The van der Waals surface area contributed by atoms with Crippen molar-refractivity contribution in [3.05, 3.63) is 157 Å². The molecule has 0 spiro atoms. The Morgan fingerprint density at radius 3 is 1.19 bits per heavy atom. The van der Waals surface area contributed by atoms with Crippen LogP contribution in [0.15, 0.2) is 146 Å². The standard InChI is InChI=1S/C58H46N4/c1-5-17-35(18-6-1)47-29-37-31-51-53(41-25-13-15-27-45(41)59(51)39-21-9-3-10-22-39)55-43-33-44-50(34-49(43)61(47)57(37)55)62-48(36-19-7-2-8-20-36)30-38-32-52-54(56(44)58(38)62)42-26-14-16-28-46(42)60(52)40-23-11-4-12-24-40/h3-4,9-16,21-36H,1-2,5-8,17-20H2. The normalized spacial score (nSPS) is 16.3. The number of fused-ring (bicyclic) bond motifs is 14. The van der Waals surface area contributed by atoms with Gasteiger partial charge in [0.2, 0.25) is 0 Å². The molecular weight excluding hydrogens is 753 g/mol. The molecule has 298 valence electrons. The number of benzene rings is 7. The minimum atomic E-state index is 0.563. The highest BCUT2D eigenvalue weighted by atomic mass is 15.0. The van der Waals surface area contributed by atoms with Gasteiger partial charge in [0.05, 0.1) is 44.1 Å². The Morgan fingerprint density at radius 1 is 0.323 bits per heavy atom. The van der Waals surface area contributed by atoms with Crippen molar-refractivity contribution in [1.82, 2.24) is 17.9 Å². The third-order valence-electron chi connectivity index (χ3n) is 15.7. The first-order valence-corrected chi connectivity index (χ1v) is 23.3. The highest BCUT2D eigenvalue weighted by Gasteiger charge is 2.31. The van der Waals surface area contributed by atoms with Gasteiger partial charge in [-0.3, -0.25) is 0 Å². The molecule has 2 aliphatic carbocycles. The van der Waals surface area contributed by atoms with E-state index in [-0.39, 0.29) is 0 Å². The molecule has 0 saturated heterocycles. The lowest BCUT2D eigenvalue weighted by molar-refractivity contribution is 0.436. The fourth-order valence-electron chi connectivity index (χ4n) is 13.2. The average Bonchev–Trinajstić information content (AvgIpc) is 4.18. The summed E-state index contributed by atoms with van der Waals surface area (Å²) in [5, 5.41) is 13.7. The molecular formula is C58H46N4. The lowest BCUT2D eigenvalue weighted by Crippen LogP contribution is -2.07. The molecule has 2 aliphatic rings. The molecule has 0 amide bonds. The van der Waals surface area contributed by atoms with E-state index in [2.05, 4.69) is 164 Å². The van der Waals surface area contributed by atoms with E-state index >= 15 is 0 Å². The number of para-hydroxylation sites is 4. The van der Waals surface area contributed by atoms with Gasteiger partial charge in [-0.05, 0) is 110 Å². The minimum absolute atomic E-state index is 0.563. The van der Waals surface area contributed by atoms with E-state index in [9.17, 15) is 0 Å². The summed E-state index contributed by atoms with van der Waals surface area (Å²) in [7, 11) is 0. The van der Waals surface area contributed by atoms with Crippen molar-refractivity contribution in [2.24, 2.45) is 0 Å². The molecule has 2 saturated carbocycles. The van der Waals surface area contributed by atoms with Crippen LogP contribution in [0.3, 0.4) is 0 Å². The second kappa shape index (κ2) is 12.4. The average molecular weight is 799 g/mol. The number of hydrogen-bond acceptors (Lipinski definition) is 0. The van der Waals surface area contributed by atoms with Crippen molar-refractivity contribution in [3.8, 4) is 11.4 Å². The van der Waals surface area contributed by atoms with Gasteiger partial charge in [0.25, 0.3) is 0 Å². The third kappa shape index (κ3) is 4.32. The van der Waals surface area contributed by atoms with E-state index in [1.165, 1.54) is 185 Å². The maximum Gasteiger partial charge on any atom is 0.0618 e. The van der Waals surface area contributed by atoms with Crippen LogP contribution in [0.5, 0.6) is 0 Å². The molecule has 0 aliphatic heterocycles. The van der Waals surface area contributed by atoms with Crippen LogP contribution in [-0.4, -0.2) is 17.9 Å². The summed E-state index contributed by atoms with van der Waals surface area (Å²) in [6.07, 6.45) is 13.0. The molecule has 13 aromatic rings. The van der Waals surface area contributed by atoms with Crippen molar-refractivity contribution in [2.45, 2.75) is 76.0 Å². The van der Waals surface area contributed by atoms with Gasteiger partial charge in [0, 0.05) is 76.6 Å². The predicted octanol–water partition coefficient (Wildman–Crippen LogP) is 16.0. The number of rotatable bonds is 4. The number of hydrogen-bond donors (Lipinski definition) is 0. The summed E-state index contributed by atoms with van der Waals surface area (Å²) in [4.78, 5) is 0. The van der Waals surface area contributed by atoms with Crippen LogP contribution in [0, 0.1) is 0 Å². The SMILES string of the molecule is c1ccc(-n2c3ccccc3c3c4c5cc6c7c8c9ccccc9n(-c9ccccc9)c8cc8cc(C9CCCCC9)n(c6cc5n5c(C6CCCCC6)cc(cc32)c45)c87)cc1. The van der Waals surface area contributed by atoms with Crippen LogP contribution < -0.4 is 0 Å². The Labute approximate surface area is 358 Å². The maximum absolute atomic E-state index is 2.76. The fourth-order valence-corrected chi connectivity index (χ4v) is 13.2. The molecule has 15 rings (SSSR count). The quantitative estimate of drug-likeness (QED) is 0.169. The van der Waals surface area contributed by atoms with Crippen LogP contribution in [-0.2, 0) is 0 Å². The lowest BCUT2D eigenvalue weighted by atomic mass is 9.86. The summed E-state index contributed by atoms with van der Waals surface area (Å²) in [5.74, 6) is 1.13. The molecule has 0 N–H and O–H groups in total. The fraction of sp³-hybridized carbons (Fsp3) is 0.207. The predicted molar refractivity (Wildman–Crippen MR) is 261 cm³/mol. The van der Waals surface area contributed by atoms with E-state index < -0.39 is 0 Å². The Morgan fingerprint density at radius 2 is 0.742 bits per heavy atom. The Kier molecular flexibility index (Phi) is 6.78. The second-order valence-electron chi connectivity index (χ2n) is 18.9. The molecule has 6 aromatic heterocycles. The number of aromatic nitrogens is 4. The van der Waals surface area contributed by atoms with Gasteiger partial charge in [-0.25, -0.2) is 0 Å². The number of nitrogens with zero attached hydrogens (tertiary/aromatic N) is 4. The first-order valence-electron chi connectivity index (χ1n) is 23.3. The van der Waals surface area contributed by atoms with Crippen molar-refractivity contribution in [1.29, 1.82) is 0 Å². The molecule has 0 atom stereocenters. The van der Waals surface area contributed by atoms with E-state index in [0.29, 0.717) is 11.8 Å². The Balaban J connectivity index is 1.17. The highest BCUT2D eigenvalue weighted by molar-refractivity contribution is 6.37. The minimum Gasteiger partial charge on any atom is -0.312 e. The third-order valence-corrected chi connectivity index (χ3v) is 15.7. The molecule has 0 unspecified atom stereocenters. The zero-order valence-electron chi connectivity index (χ0n) is 34.9. The molecule has 0 bridgehead atoms. The van der Waals surface area contributed by atoms with Crippen molar-refractivity contribution in [2.75, 3.05) is 0 Å². The summed E-state index contributed by atoms with van der Waals surface area (Å²) >= 11 is 0. The van der Waals surface area contributed by atoms with Crippen LogP contribution in [0.2, 0.25) is 0 Å². The first-order chi connectivity index (χ1) is 30.8. The van der Waals surface area contributed by atoms with E-state index in [4.69, 9.17) is 0 Å². The largest absolute Gasteiger partial charge is 0.312 e. The van der Waals surface area contributed by atoms with Crippen LogP contribution in [0.1, 0.15) is 87.4 Å². The van der Waals surface area contributed by atoms with Crippen LogP contribution >= 0.6 is 0 Å². The topological polar surface area (TPSA) is 18.7 Å². The van der Waals surface area contributed by atoms with E-state index in [0.717, 1.165) is 0 Å². The molecule has 7 aromatic carbocycles. The van der Waals surface area contributed by atoms with Gasteiger partial charge < -0.3 is 17.9 Å². The van der Waals surface area contributed by atoms with Gasteiger partial charge in [-0.15, -0.1) is 0 Å². The first kappa shape index (κ1) is 33.9. The van der Waals surface area contributed by atoms with E-state index in [1.807, 2.05) is 0 Å². The van der Waals surface area contributed by atoms with Crippen LogP contribution in [0.25, 0.3) is 109 Å². The molecule has 4 heteroatoms. The van der Waals surface area contributed by atoms with E-state index in [1.54, 1.807) is 0 Å². The van der Waals surface area contributed by atoms with Gasteiger partial charge in [0.15, 0.2) is 0 Å². The monoisotopic (exact) mass is 798 g/mol. The lowest BCUT2D eigenvalue weighted by Gasteiger charge is -2.22. The zero-order chi connectivity index (χ0) is 40.2. The highest BCUT2D eigenvalue weighted by Crippen LogP contribution is 2.51. The van der Waals surface area contributed by atoms with Crippen molar-refractivity contribution >= 4 is 98.0 Å². The summed E-state index contributed by atoms with van der Waals surface area (Å²) in [6, 6.07) is 55.8. The zero-order valence-corrected chi connectivity index (χ0v) is 34.9. The summed E-state index contributed by atoms with van der Waals surface area (Å²) in [6.45, 7) is 0. The van der Waals surface area contributed by atoms with Gasteiger partial charge >= 0.3 is 0 Å². The molecule has 62 heavy (non-hydrogen) atoms. The smallest absolute Gasteiger partial charge is 0.0618 e. The van der Waals surface area contributed by atoms with Gasteiger partial charge in [0.1, 0.15) is 0 Å². The van der Waals surface area contributed by atoms with Crippen molar-refractivity contribution < 1.29 is 0 Å². The second-order valence-corrected chi connectivity index (χ2v) is 18.9. The molecule has 4 nitrogen and oxygen atoms in total. The van der Waals surface area contributed by atoms with Gasteiger partial charge in [-0.2, -0.15) is 0 Å². The molecule has 0 radical (unpaired) electrons. The maximum atomic E-state index is 2.76. The summed E-state index contributed by atoms with van der Waals surface area (Å²) in [5.41, 5.74) is 16.1. The van der Waals surface area contributed by atoms with Gasteiger partial charge in [-0.1, -0.05) is 111 Å². The van der Waals surface area contributed by atoms with Crippen LogP contribution in [0.4, 0.5) is 0 Å². The Bertz CT molecular complexity index is 3660.